The normalized spacial score (nSPS) is 24.7. The van der Waals surface area contributed by atoms with Crippen molar-refractivity contribution in [3.8, 4) is 5.69 Å². The summed E-state index contributed by atoms with van der Waals surface area (Å²) in [6.45, 7) is 4.93. The molecule has 9 nitrogen and oxygen atoms in total. The smallest absolute Gasteiger partial charge is 0.261 e. The minimum absolute atomic E-state index is 0.0695. The lowest BCUT2D eigenvalue weighted by Gasteiger charge is -2.44. The molecule has 3 N–H and O–H groups in total. The van der Waals surface area contributed by atoms with Crippen LogP contribution in [0.1, 0.15) is 38.7 Å². The third-order valence-electron chi connectivity index (χ3n) is 7.53. The molecular weight excluding hydrogens is 468 g/mol. The van der Waals surface area contributed by atoms with E-state index in [-0.39, 0.29) is 31.2 Å². The Labute approximate surface area is 207 Å². The maximum Gasteiger partial charge on any atom is 0.261 e. The Balaban J connectivity index is 1.33. The molecule has 2 aliphatic heterocycles. The molecule has 6 rings (SSSR count). The molecule has 1 aromatic carbocycles. The fourth-order valence-electron chi connectivity index (χ4n) is 5.23. The van der Waals surface area contributed by atoms with Gasteiger partial charge in [-0.2, -0.15) is 15.1 Å². The summed E-state index contributed by atoms with van der Waals surface area (Å²) in [6.07, 6.45) is 2.61. The van der Waals surface area contributed by atoms with Crippen LogP contribution in [0.2, 0.25) is 0 Å². The fourth-order valence-corrected chi connectivity index (χ4v) is 5.23. The van der Waals surface area contributed by atoms with Crippen LogP contribution in [0, 0.1) is 0 Å². The molecule has 0 atom stereocenters. The quantitative estimate of drug-likeness (QED) is 0.476. The predicted octanol–water partition coefficient (Wildman–Crippen LogP) is 2.51. The van der Waals surface area contributed by atoms with Gasteiger partial charge < -0.3 is 20.4 Å². The number of benzene rings is 1. The van der Waals surface area contributed by atoms with Gasteiger partial charge in [-0.3, -0.25) is 4.90 Å². The highest BCUT2D eigenvalue weighted by atomic mass is 19.3. The van der Waals surface area contributed by atoms with Crippen molar-refractivity contribution in [2.45, 2.75) is 62.8 Å². The van der Waals surface area contributed by atoms with Crippen LogP contribution in [-0.2, 0) is 5.60 Å². The maximum atomic E-state index is 13.7. The monoisotopic (exact) mass is 499 g/mol. The number of rotatable bonds is 6. The van der Waals surface area contributed by atoms with Crippen molar-refractivity contribution < 1.29 is 19.0 Å². The van der Waals surface area contributed by atoms with Crippen LogP contribution in [0.4, 0.5) is 20.5 Å². The Bertz CT molecular complexity index is 1280. The molecule has 1 aliphatic carbocycles. The molecule has 0 bridgehead atoms. The van der Waals surface area contributed by atoms with E-state index >= 15 is 0 Å². The van der Waals surface area contributed by atoms with Gasteiger partial charge in [0.05, 0.1) is 35.5 Å². The van der Waals surface area contributed by atoms with Crippen molar-refractivity contribution in [2.24, 2.45) is 0 Å². The second kappa shape index (κ2) is 8.32. The number of aliphatic hydroxyl groups is 2. The Morgan fingerprint density at radius 2 is 1.94 bits per heavy atom. The number of nitrogens with one attached hydrogen (secondary N) is 1. The van der Waals surface area contributed by atoms with Crippen molar-refractivity contribution in [3.63, 3.8) is 0 Å². The SMILES string of the molecule is CC(C)(O)c1cccc(-n2ncc3c(N4CC(N5CCC(F)(F)C5)C4)nc(N[C@H]4C[C@@H](O)C4)nc32)c1. The van der Waals surface area contributed by atoms with Crippen LogP contribution < -0.4 is 10.2 Å². The van der Waals surface area contributed by atoms with Crippen LogP contribution >= 0.6 is 0 Å². The average molecular weight is 500 g/mol. The van der Waals surface area contributed by atoms with Crippen molar-refractivity contribution in [2.75, 3.05) is 36.4 Å². The summed E-state index contributed by atoms with van der Waals surface area (Å²) in [7, 11) is 0. The first kappa shape index (κ1) is 23.5. The number of anilines is 2. The van der Waals surface area contributed by atoms with Gasteiger partial charge in [-0.05, 0) is 44.4 Å². The molecule has 4 heterocycles. The number of nitrogens with zero attached hydrogens (tertiary/aromatic N) is 6. The van der Waals surface area contributed by atoms with Gasteiger partial charge in [0.15, 0.2) is 5.65 Å². The predicted molar refractivity (Wildman–Crippen MR) is 132 cm³/mol. The summed E-state index contributed by atoms with van der Waals surface area (Å²) in [5, 5.41) is 28.9. The van der Waals surface area contributed by atoms with Gasteiger partial charge in [0.1, 0.15) is 5.82 Å². The number of alkyl halides is 2. The molecule has 36 heavy (non-hydrogen) atoms. The zero-order valence-corrected chi connectivity index (χ0v) is 20.4. The first-order valence-corrected chi connectivity index (χ1v) is 12.5. The van der Waals surface area contributed by atoms with Gasteiger partial charge in [0.25, 0.3) is 5.92 Å². The molecule has 0 amide bonds. The van der Waals surface area contributed by atoms with Crippen molar-refractivity contribution in [1.29, 1.82) is 0 Å². The highest BCUT2D eigenvalue weighted by Gasteiger charge is 2.44. The average Bonchev–Trinajstić information content (AvgIpc) is 3.34. The number of hydrogen-bond acceptors (Lipinski definition) is 8. The highest BCUT2D eigenvalue weighted by Crippen LogP contribution is 2.35. The summed E-state index contributed by atoms with van der Waals surface area (Å²) >= 11 is 0. The molecule has 11 heteroatoms. The van der Waals surface area contributed by atoms with Crippen LogP contribution in [0.5, 0.6) is 0 Å². The molecule has 192 valence electrons. The van der Waals surface area contributed by atoms with Crippen LogP contribution in [0.15, 0.2) is 30.5 Å². The summed E-state index contributed by atoms with van der Waals surface area (Å²) in [6, 6.07) is 7.70. The standard InChI is InChI=1S/C25H31F2N7O2/c1-24(2,36)15-4-3-5-17(8-15)34-22-20(11-28-34)21(30-23(31-22)29-16-9-19(35)10-16)33-12-18(13-33)32-7-6-25(26,27)14-32/h3-5,8,11,16,18-19,35-36H,6-7,9-10,12-14H2,1-2H3,(H,29,30,31)/t16-,19+. The fraction of sp³-hybridized carbons (Fsp3) is 0.560. The van der Waals surface area contributed by atoms with E-state index < -0.39 is 11.5 Å². The Kier molecular flexibility index (Phi) is 5.43. The summed E-state index contributed by atoms with van der Waals surface area (Å²) < 4.78 is 29.2. The second-order valence-electron chi connectivity index (χ2n) is 10.9. The van der Waals surface area contributed by atoms with Gasteiger partial charge >= 0.3 is 0 Å². The lowest BCUT2D eigenvalue weighted by atomic mass is 9.90. The molecule has 1 saturated carbocycles. The first-order chi connectivity index (χ1) is 17.1. The number of hydrogen-bond donors (Lipinski definition) is 3. The van der Waals surface area contributed by atoms with E-state index in [4.69, 9.17) is 9.97 Å². The van der Waals surface area contributed by atoms with Crippen molar-refractivity contribution in [3.05, 3.63) is 36.0 Å². The first-order valence-electron chi connectivity index (χ1n) is 12.5. The Morgan fingerprint density at radius 3 is 2.61 bits per heavy atom. The van der Waals surface area contributed by atoms with Crippen LogP contribution in [-0.4, -0.2) is 85.2 Å². The van der Waals surface area contributed by atoms with E-state index in [1.807, 2.05) is 29.2 Å². The van der Waals surface area contributed by atoms with E-state index in [0.717, 1.165) is 22.5 Å². The number of halogens is 2. The number of fused-ring (bicyclic) bond motifs is 1. The van der Waals surface area contributed by atoms with E-state index in [1.165, 1.54) is 0 Å². The largest absolute Gasteiger partial charge is 0.393 e. The number of aromatic nitrogens is 4. The summed E-state index contributed by atoms with van der Waals surface area (Å²) in [5.74, 6) is -1.44. The Morgan fingerprint density at radius 1 is 1.17 bits per heavy atom. The zero-order chi connectivity index (χ0) is 25.2. The van der Waals surface area contributed by atoms with E-state index in [2.05, 4.69) is 15.3 Å². The second-order valence-corrected chi connectivity index (χ2v) is 10.9. The third kappa shape index (κ3) is 4.29. The minimum Gasteiger partial charge on any atom is -0.393 e. The third-order valence-corrected chi connectivity index (χ3v) is 7.53. The Hall–Kier alpha value is -2.89. The molecule has 3 aliphatic rings. The van der Waals surface area contributed by atoms with Gasteiger partial charge in [-0.1, -0.05) is 12.1 Å². The molecule has 0 spiro atoms. The van der Waals surface area contributed by atoms with E-state index in [0.29, 0.717) is 44.1 Å². The zero-order valence-electron chi connectivity index (χ0n) is 20.4. The van der Waals surface area contributed by atoms with Gasteiger partial charge in [0, 0.05) is 38.1 Å². The highest BCUT2D eigenvalue weighted by molar-refractivity contribution is 5.89. The molecule has 3 fully saturated rings. The summed E-state index contributed by atoms with van der Waals surface area (Å²) in [4.78, 5) is 13.5. The lowest BCUT2D eigenvalue weighted by Crippen LogP contribution is -2.59. The maximum absolute atomic E-state index is 13.7. The minimum atomic E-state index is -2.61. The van der Waals surface area contributed by atoms with Gasteiger partial charge in [-0.25, -0.2) is 13.5 Å². The van der Waals surface area contributed by atoms with Gasteiger partial charge in [-0.15, -0.1) is 0 Å². The number of aliphatic hydroxyl groups excluding tert-OH is 1. The molecule has 2 aromatic heterocycles. The van der Waals surface area contributed by atoms with Crippen LogP contribution in [0.3, 0.4) is 0 Å². The van der Waals surface area contributed by atoms with Crippen molar-refractivity contribution >= 4 is 22.8 Å². The van der Waals surface area contributed by atoms with E-state index in [9.17, 15) is 19.0 Å². The van der Waals surface area contributed by atoms with E-state index in [1.54, 1.807) is 24.7 Å². The molecular formula is C25H31F2N7O2. The van der Waals surface area contributed by atoms with Crippen LogP contribution in [0.25, 0.3) is 16.7 Å². The molecule has 2 saturated heterocycles. The molecule has 0 unspecified atom stereocenters. The molecule has 0 radical (unpaired) electrons. The molecule has 3 aromatic rings. The number of likely N-dealkylation sites (tertiary alicyclic amines) is 1. The summed E-state index contributed by atoms with van der Waals surface area (Å²) in [5.41, 5.74) is 1.13. The lowest BCUT2D eigenvalue weighted by molar-refractivity contribution is 0.00601. The van der Waals surface area contributed by atoms with Gasteiger partial charge in [0.2, 0.25) is 5.95 Å². The van der Waals surface area contributed by atoms with Crippen molar-refractivity contribution in [1.82, 2.24) is 24.6 Å². The topological polar surface area (TPSA) is 103 Å².